The molecule has 0 saturated carbocycles. The molecule has 0 saturated heterocycles. The molecule has 0 aliphatic carbocycles. The topological polar surface area (TPSA) is 34.1 Å². The lowest BCUT2D eigenvalue weighted by Gasteiger charge is -1.91. The van der Waals surface area contributed by atoms with E-state index >= 15 is 0 Å². The van der Waals surface area contributed by atoms with Crippen molar-refractivity contribution >= 4 is 40.1 Å². The van der Waals surface area contributed by atoms with Crippen molar-refractivity contribution in [2.75, 3.05) is 0 Å². The molecular weight excluding hydrogens is 220 g/mol. The van der Waals surface area contributed by atoms with Gasteiger partial charge in [0.05, 0.1) is 16.6 Å². The summed E-state index contributed by atoms with van der Waals surface area (Å²) in [5.41, 5.74) is 0.868. The van der Waals surface area contributed by atoms with Gasteiger partial charge >= 0.3 is 0 Å². The average molecular weight is 227 g/mol. The second-order valence-electron chi connectivity index (χ2n) is 2.50. The molecule has 0 bridgehead atoms. The van der Waals surface area contributed by atoms with Crippen LogP contribution in [0.25, 0.3) is 6.08 Å². The number of ketones is 1. The second-order valence-corrected chi connectivity index (χ2v) is 3.37. The Labute approximate surface area is 90.3 Å². The SMILES string of the molecule is O=S=CC(=O)C=Cc1ccc(Cl)cc1. The van der Waals surface area contributed by atoms with Crippen molar-refractivity contribution in [3.05, 3.63) is 40.9 Å². The highest BCUT2D eigenvalue weighted by molar-refractivity contribution is 7.66. The number of benzene rings is 1. The molecule has 0 amide bonds. The third-order valence-electron chi connectivity index (χ3n) is 1.47. The van der Waals surface area contributed by atoms with Crippen LogP contribution in [0.5, 0.6) is 0 Å². The largest absolute Gasteiger partial charge is 0.289 e. The van der Waals surface area contributed by atoms with Crippen molar-refractivity contribution in [3.63, 3.8) is 0 Å². The number of hydrogen-bond donors (Lipinski definition) is 0. The highest BCUT2D eigenvalue weighted by Gasteiger charge is 1.90. The Morgan fingerprint density at radius 1 is 1.29 bits per heavy atom. The van der Waals surface area contributed by atoms with Crippen LogP contribution in [0.4, 0.5) is 0 Å². The zero-order valence-electron chi connectivity index (χ0n) is 7.14. The maximum absolute atomic E-state index is 10.9. The number of allylic oxidation sites excluding steroid dienone is 1. The van der Waals surface area contributed by atoms with Crippen LogP contribution in [0.3, 0.4) is 0 Å². The van der Waals surface area contributed by atoms with Gasteiger partial charge in [-0.3, -0.25) is 4.79 Å². The third-order valence-corrected chi connectivity index (χ3v) is 2.05. The molecular formula is C10H7ClO2S. The molecule has 0 unspecified atom stereocenters. The van der Waals surface area contributed by atoms with E-state index in [1.54, 1.807) is 30.3 Å². The summed E-state index contributed by atoms with van der Waals surface area (Å²) in [4.78, 5) is 10.9. The van der Waals surface area contributed by atoms with Gasteiger partial charge in [0.2, 0.25) is 0 Å². The van der Waals surface area contributed by atoms with Crippen LogP contribution in [-0.4, -0.2) is 15.4 Å². The summed E-state index contributed by atoms with van der Waals surface area (Å²) in [5, 5.41) is 1.65. The maximum atomic E-state index is 10.9. The fourth-order valence-corrected chi connectivity index (χ4v) is 1.14. The molecule has 1 aromatic rings. The van der Waals surface area contributed by atoms with Gasteiger partial charge in [-0.15, -0.1) is 0 Å². The van der Waals surface area contributed by atoms with Crippen LogP contribution in [0.15, 0.2) is 30.3 Å². The normalized spacial score (nSPS) is 10.1. The maximum Gasteiger partial charge on any atom is 0.191 e. The molecule has 1 aromatic carbocycles. The van der Waals surface area contributed by atoms with Gasteiger partial charge < -0.3 is 0 Å². The molecule has 0 atom stereocenters. The van der Waals surface area contributed by atoms with E-state index in [4.69, 9.17) is 11.6 Å². The quantitative estimate of drug-likeness (QED) is 0.583. The lowest BCUT2D eigenvalue weighted by Crippen LogP contribution is -1.91. The molecule has 0 aliphatic heterocycles. The highest BCUT2D eigenvalue weighted by atomic mass is 35.5. The predicted molar refractivity (Wildman–Crippen MR) is 59.7 cm³/mol. The van der Waals surface area contributed by atoms with Crippen molar-refractivity contribution in [1.82, 2.24) is 0 Å². The standard InChI is InChI=1S/C10H7ClO2S/c11-9-4-1-8(2-5-9)3-6-10(12)7-14-13/h1-7H. The molecule has 1 rings (SSSR count). The Morgan fingerprint density at radius 2 is 1.93 bits per heavy atom. The van der Waals surface area contributed by atoms with Gasteiger partial charge in [-0.25, -0.2) is 4.21 Å². The minimum atomic E-state index is -0.306. The molecule has 2 nitrogen and oxygen atoms in total. The Morgan fingerprint density at radius 3 is 2.50 bits per heavy atom. The third kappa shape index (κ3) is 3.68. The van der Waals surface area contributed by atoms with E-state index in [9.17, 15) is 9.00 Å². The van der Waals surface area contributed by atoms with Crippen LogP contribution in [0.1, 0.15) is 5.56 Å². The Bertz CT molecular complexity index is 403. The van der Waals surface area contributed by atoms with Gasteiger partial charge in [-0.2, -0.15) is 0 Å². The van der Waals surface area contributed by atoms with Crippen LogP contribution in [0.2, 0.25) is 5.02 Å². The Hall–Kier alpha value is -1.19. The molecule has 14 heavy (non-hydrogen) atoms. The van der Waals surface area contributed by atoms with E-state index in [0.29, 0.717) is 5.02 Å². The van der Waals surface area contributed by atoms with Crippen molar-refractivity contribution in [2.45, 2.75) is 0 Å². The summed E-state index contributed by atoms with van der Waals surface area (Å²) >= 11 is 5.83. The number of carbonyl (C=O) groups excluding carboxylic acids is 1. The zero-order valence-corrected chi connectivity index (χ0v) is 8.72. The number of hydrogen-bond acceptors (Lipinski definition) is 2. The highest BCUT2D eigenvalue weighted by Crippen LogP contribution is 2.10. The number of carbonyl (C=O) groups is 1. The van der Waals surface area contributed by atoms with Crippen molar-refractivity contribution < 1.29 is 9.00 Å². The number of halogens is 1. The minimum Gasteiger partial charge on any atom is -0.289 e. The van der Waals surface area contributed by atoms with Gasteiger partial charge in [0, 0.05) is 5.02 Å². The smallest absolute Gasteiger partial charge is 0.191 e. The van der Waals surface area contributed by atoms with E-state index in [0.717, 1.165) is 10.9 Å². The van der Waals surface area contributed by atoms with E-state index in [2.05, 4.69) is 0 Å². The second kappa shape index (κ2) is 5.52. The van der Waals surface area contributed by atoms with E-state index in [1.807, 2.05) is 0 Å². The van der Waals surface area contributed by atoms with E-state index in [1.165, 1.54) is 6.08 Å². The summed E-state index contributed by atoms with van der Waals surface area (Å²) in [6.07, 6.45) is 2.97. The van der Waals surface area contributed by atoms with Gasteiger partial charge in [0.25, 0.3) is 0 Å². The first-order valence-corrected chi connectivity index (χ1v) is 5.00. The van der Waals surface area contributed by atoms with Gasteiger partial charge in [0.15, 0.2) is 5.78 Å². The zero-order chi connectivity index (χ0) is 10.4. The van der Waals surface area contributed by atoms with Crippen LogP contribution in [0, 0.1) is 0 Å². The summed E-state index contributed by atoms with van der Waals surface area (Å²) in [5.74, 6) is -0.306. The number of rotatable bonds is 3. The van der Waals surface area contributed by atoms with Crippen molar-refractivity contribution in [3.8, 4) is 0 Å². The first-order valence-electron chi connectivity index (χ1n) is 3.82. The molecule has 0 radical (unpaired) electrons. The molecule has 72 valence electrons. The Balaban J connectivity index is 2.73. The predicted octanol–water partition coefficient (Wildman–Crippen LogP) is 1.94. The van der Waals surface area contributed by atoms with Gasteiger partial charge in [0.1, 0.15) is 0 Å². The molecule has 0 spiro atoms. The molecule has 0 heterocycles. The monoisotopic (exact) mass is 226 g/mol. The fourth-order valence-electron chi connectivity index (χ4n) is 0.839. The lowest BCUT2D eigenvalue weighted by molar-refractivity contribution is -0.108. The molecule has 0 N–H and O–H groups in total. The molecule has 0 aromatic heterocycles. The lowest BCUT2D eigenvalue weighted by atomic mass is 10.2. The van der Waals surface area contributed by atoms with Gasteiger partial charge in [-0.1, -0.05) is 29.8 Å². The summed E-state index contributed by atoms with van der Waals surface area (Å²) in [6, 6.07) is 7.04. The fraction of sp³-hybridized carbons (Fsp3) is 0. The molecule has 4 heteroatoms. The van der Waals surface area contributed by atoms with Crippen LogP contribution < -0.4 is 0 Å². The van der Waals surface area contributed by atoms with Crippen LogP contribution >= 0.6 is 11.6 Å². The van der Waals surface area contributed by atoms with Crippen molar-refractivity contribution in [1.29, 1.82) is 0 Å². The summed E-state index contributed by atoms with van der Waals surface area (Å²) in [7, 11) is 0. The van der Waals surface area contributed by atoms with Gasteiger partial charge in [-0.05, 0) is 23.8 Å². The van der Waals surface area contributed by atoms with Crippen LogP contribution in [-0.2, 0) is 16.1 Å². The van der Waals surface area contributed by atoms with E-state index < -0.39 is 0 Å². The molecule has 0 fully saturated rings. The van der Waals surface area contributed by atoms with Crippen molar-refractivity contribution in [2.24, 2.45) is 0 Å². The summed E-state index contributed by atoms with van der Waals surface area (Å²) in [6.45, 7) is 0. The average Bonchev–Trinajstić information content (AvgIpc) is 2.17. The first kappa shape index (κ1) is 10.9. The minimum absolute atomic E-state index is 0.150. The first-order chi connectivity index (χ1) is 6.72. The van der Waals surface area contributed by atoms with E-state index in [-0.39, 0.29) is 17.0 Å². The summed E-state index contributed by atoms with van der Waals surface area (Å²) < 4.78 is 9.99. The Kier molecular flexibility index (Phi) is 4.29. The molecule has 0 aliphatic rings.